The van der Waals surface area contributed by atoms with E-state index in [1.807, 2.05) is 12.1 Å². The minimum Gasteiger partial charge on any atom is -0.464 e. The lowest BCUT2D eigenvalue weighted by atomic mass is 10.0. The molecule has 0 spiro atoms. The Bertz CT molecular complexity index is 902. The van der Waals surface area contributed by atoms with Gasteiger partial charge in [-0.2, -0.15) is 0 Å². The molecule has 1 aliphatic rings. The van der Waals surface area contributed by atoms with Crippen molar-refractivity contribution >= 4 is 16.2 Å². The number of fused-ring (bicyclic) bond motifs is 1. The number of aliphatic imine (C=N–C) groups is 1. The second kappa shape index (κ2) is 6.56. The Morgan fingerprint density at radius 2 is 1.88 bits per heavy atom. The molecule has 124 valence electrons. The molecule has 2 aromatic carbocycles. The van der Waals surface area contributed by atoms with Crippen LogP contribution in [-0.4, -0.2) is 19.7 Å². The number of sulfonamides is 1. The van der Waals surface area contributed by atoms with Crippen LogP contribution < -0.4 is 9.88 Å². The SMILES string of the molecule is NS(=O)(=O)c1ccc(CN=CC2=COc3ccccc3C2O)cc1. The normalized spacial score (nSPS) is 17.2. The van der Waals surface area contributed by atoms with Gasteiger partial charge in [0, 0.05) is 17.4 Å². The number of hydrogen-bond acceptors (Lipinski definition) is 5. The summed E-state index contributed by atoms with van der Waals surface area (Å²) < 4.78 is 27.9. The number of nitrogens with zero attached hydrogens (tertiary/aromatic N) is 1. The summed E-state index contributed by atoms with van der Waals surface area (Å²) in [6.07, 6.45) is 2.23. The third kappa shape index (κ3) is 3.53. The molecular formula is C17H16N2O4S. The highest BCUT2D eigenvalue weighted by Gasteiger charge is 2.20. The van der Waals surface area contributed by atoms with Crippen molar-refractivity contribution in [2.45, 2.75) is 17.5 Å². The van der Waals surface area contributed by atoms with Crippen LogP contribution in [0.2, 0.25) is 0 Å². The molecule has 0 saturated heterocycles. The van der Waals surface area contributed by atoms with E-state index in [9.17, 15) is 13.5 Å². The molecule has 0 fully saturated rings. The van der Waals surface area contributed by atoms with Gasteiger partial charge in [0.05, 0.1) is 17.7 Å². The van der Waals surface area contributed by atoms with Crippen LogP contribution in [0.5, 0.6) is 5.75 Å². The van der Waals surface area contributed by atoms with Gasteiger partial charge in [-0.05, 0) is 23.8 Å². The second-order valence-electron chi connectivity index (χ2n) is 5.33. The summed E-state index contributed by atoms with van der Waals surface area (Å²) in [5.41, 5.74) is 2.07. The highest BCUT2D eigenvalue weighted by molar-refractivity contribution is 7.89. The minimum absolute atomic E-state index is 0.0608. The molecule has 2 aromatic rings. The Hall–Kier alpha value is -2.48. The topological polar surface area (TPSA) is 102 Å². The summed E-state index contributed by atoms with van der Waals surface area (Å²) in [6.45, 7) is 0.344. The van der Waals surface area contributed by atoms with Crippen LogP contribution in [0.4, 0.5) is 0 Å². The van der Waals surface area contributed by atoms with E-state index in [0.29, 0.717) is 23.4 Å². The molecule has 1 unspecified atom stereocenters. The van der Waals surface area contributed by atoms with Crippen LogP contribution in [0.15, 0.2) is 70.3 Å². The van der Waals surface area contributed by atoms with E-state index >= 15 is 0 Å². The van der Waals surface area contributed by atoms with Gasteiger partial charge in [-0.3, -0.25) is 4.99 Å². The minimum atomic E-state index is -3.69. The molecule has 6 nitrogen and oxygen atoms in total. The predicted octanol–water partition coefficient (Wildman–Crippen LogP) is 1.91. The molecule has 0 bridgehead atoms. The Labute approximate surface area is 140 Å². The maximum absolute atomic E-state index is 11.2. The fourth-order valence-corrected chi connectivity index (χ4v) is 2.85. The second-order valence-corrected chi connectivity index (χ2v) is 6.90. The van der Waals surface area contributed by atoms with Crippen molar-refractivity contribution in [3.63, 3.8) is 0 Å². The van der Waals surface area contributed by atoms with E-state index in [4.69, 9.17) is 9.88 Å². The van der Waals surface area contributed by atoms with Gasteiger partial charge in [-0.25, -0.2) is 13.6 Å². The van der Waals surface area contributed by atoms with E-state index in [-0.39, 0.29) is 4.90 Å². The van der Waals surface area contributed by atoms with Gasteiger partial charge in [0.15, 0.2) is 0 Å². The van der Waals surface area contributed by atoms with Crippen LogP contribution in [-0.2, 0) is 16.6 Å². The third-order valence-corrected chi connectivity index (χ3v) is 4.55. The fourth-order valence-electron chi connectivity index (χ4n) is 2.33. The molecule has 0 saturated carbocycles. The molecule has 1 heterocycles. The molecule has 3 rings (SSSR count). The lowest BCUT2D eigenvalue weighted by molar-refractivity contribution is 0.206. The highest BCUT2D eigenvalue weighted by atomic mass is 32.2. The Kier molecular flexibility index (Phi) is 4.48. The summed E-state index contributed by atoms with van der Waals surface area (Å²) >= 11 is 0. The van der Waals surface area contributed by atoms with Crippen molar-refractivity contribution in [3.05, 3.63) is 71.5 Å². The first-order valence-electron chi connectivity index (χ1n) is 7.20. The zero-order valence-electron chi connectivity index (χ0n) is 12.7. The zero-order valence-corrected chi connectivity index (χ0v) is 13.5. The maximum Gasteiger partial charge on any atom is 0.238 e. The molecule has 7 heteroatoms. The van der Waals surface area contributed by atoms with Crippen LogP contribution in [0.3, 0.4) is 0 Å². The van der Waals surface area contributed by atoms with E-state index in [1.54, 1.807) is 30.5 Å². The maximum atomic E-state index is 11.2. The monoisotopic (exact) mass is 344 g/mol. The van der Waals surface area contributed by atoms with Crippen LogP contribution in [0.1, 0.15) is 17.2 Å². The molecule has 0 radical (unpaired) electrons. The number of para-hydroxylation sites is 1. The Morgan fingerprint density at radius 3 is 2.58 bits per heavy atom. The molecular weight excluding hydrogens is 328 g/mol. The number of benzene rings is 2. The summed E-state index contributed by atoms with van der Waals surface area (Å²) in [6, 6.07) is 13.4. The van der Waals surface area contributed by atoms with E-state index in [2.05, 4.69) is 4.99 Å². The summed E-state index contributed by atoms with van der Waals surface area (Å²) in [5, 5.41) is 15.4. The quantitative estimate of drug-likeness (QED) is 0.827. The standard InChI is InChI=1S/C17H16N2O4S/c18-24(21,22)14-7-5-12(6-8-14)9-19-10-13-11-23-16-4-2-1-3-15(16)17(13)20/h1-8,10-11,17,20H,9H2,(H2,18,21,22). The largest absolute Gasteiger partial charge is 0.464 e. The number of rotatable bonds is 4. The van der Waals surface area contributed by atoms with Gasteiger partial charge in [0.1, 0.15) is 11.9 Å². The molecule has 1 atom stereocenters. The fraction of sp³-hybridized carbons (Fsp3) is 0.118. The summed E-state index contributed by atoms with van der Waals surface area (Å²) in [7, 11) is -3.69. The number of nitrogens with two attached hydrogens (primary N) is 1. The molecule has 0 aliphatic carbocycles. The van der Waals surface area contributed by atoms with Crippen molar-refractivity contribution < 1.29 is 18.3 Å². The lowest BCUT2D eigenvalue weighted by Crippen LogP contribution is -2.12. The zero-order chi connectivity index (χ0) is 17.2. The first-order chi connectivity index (χ1) is 11.4. The van der Waals surface area contributed by atoms with Gasteiger partial charge >= 0.3 is 0 Å². The van der Waals surface area contributed by atoms with Gasteiger partial charge in [-0.15, -0.1) is 0 Å². The average molecular weight is 344 g/mol. The average Bonchev–Trinajstić information content (AvgIpc) is 2.57. The van der Waals surface area contributed by atoms with Crippen LogP contribution in [0, 0.1) is 0 Å². The number of aliphatic hydroxyl groups excluding tert-OH is 1. The molecule has 0 aromatic heterocycles. The Balaban J connectivity index is 1.68. The number of primary sulfonamides is 1. The van der Waals surface area contributed by atoms with Gasteiger partial charge in [-0.1, -0.05) is 30.3 Å². The van der Waals surface area contributed by atoms with Crippen molar-refractivity contribution in [3.8, 4) is 5.75 Å². The Morgan fingerprint density at radius 1 is 1.17 bits per heavy atom. The third-order valence-electron chi connectivity index (χ3n) is 3.62. The highest BCUT2D eigenvalue weighted by Crippen LogP contribution is 2.33. The van der Waals surface area contributed by atoms with Gasteiger partial charge in [0.2, 0.25) is 10.0 Å². The van der Waals surface area contributed by atoms with Gasteiger partial charge in [0.25, 0.3) is 0 Å². The summed E-state index contributed by atoms with van der Waals surface area (Å²) in [4.78, 5) is 4.33. The summed E-state index contributed by atoms with van der Waals surface area (Å²) in [5.74, 6) is 0.626. The molecule has 3 N–H and O–H groups in total. The van der Waals surface area contributed by atoms with Crippen LogP contribution in [0.25, 0.3) is 0 Å². The number of aliphatic hydroxyl groups is 1. The van der Waals surface area contributed by atoms with Crippen molar-refractivity contribution in [1.82, 2.24) is 0 Å². The predicted molar refractivity (Wildman–Crippen MR) is 90.1 cm³/mol. The van der Waals surface area contributed by atoms with Crippen molar-refractivity contribution in [2.75, 3.05) is 0 Å². The number of hydrogen-bond donors (Lipinski definition) is 2. The first-order valence-corrected chi connectivity index (χ1v) is 8.75. The van der Waals surface area contributed by atoms with Crippen LogP contribution >= 0.6 is 0 Å². The van der Waals surface area contributed by atoms with E-state index in [0.717, 1.165) is 5.56 Å². The first kappa shape index (κ1) is 16.4. The van der Waals surface area contributed by atoms with Crippen molar-refractivity contribution in [1.29, 1.82) is 0 Å². The van der Waals surface area contributed by atoms with Crippen molar-refractivity contribution in [2.24, 2.45) is 10.1 Å². The smallest absolute Gasteiger partial charge is 0.238 e. The van der Waals surface area contributed by atoms with Gasteiger partial charge < -0.3 is 9.84 Å². The molecule has 24 heavy (non-hydrogen) atoms. The lowest BCUT2D eigenvalue weighted by Gasteiger charge is -2.20. The van der Waals surface area contributed by atoms with E-state index in [1.165, 1.54) is 18.4 Å². The number of ether oxygens (including phenoxy) is 1. The molecule has 1 aliphatic heterocycles. The van der Waals surface area contributed by atoms with E-state index < -0.39 is 16.1 Å². The molecule has 0 amide bonds.